The highest BCUT2D eigenvalue weighted by Gasteiger charge is 2.41. The van der Waals surface area contributed by atoms with E-state index < -0.39 is 0 Å². The maximum atomic E-state index is 8.96. The van der Waals surface area contributed by atoms with Crippen molar-refractivity contribution in [1.82, 2.24) is 4.98 Å². The van der Waals surface area contributed by atoms with E-state index in [9.17, 15) is 0 Å². The standard InChI is InChI=1S/C12H16N4O/c13-6-9-5-10(14)11(15-7-9)16-8-12(1-2-12)3-4-17/h5,7,17H,1-4,8,14H2,(H,15,16). The van der Waals surface area contributed by atoms with Crippen molar-refractivity contribution in [1.29, 1.82) is 5.26 Å². The second-order valence-corrected chi connectivity index (χ2v) is 4.60. The number of rotatable bonds is 5. The molecular weight excluding hydrogens is 216 g/mol. The number of pyridine rings is 1. The van der Waals surface area contributed by atoms with Crippen LogP contribution in [0.4, 0.5) is 11.5 Å². The molecule has 0 amide bonds. The Morgan fingerprint density at radius 3 is 2.88 bits per heavy atom. The zero-order valence-corrected chi connectivity index (χ0v) is 9.61. The van der Waals surface area contributed by atoms with Gasteiger partial charge in [-0.1, -0.05) is 0 Å². The molecule has 1 heterocycles. The fourth-order valence-corrected chi connectivity index (χ4v) is 1.89. The Kier molecular flexibility index (Phi) is 3.16. The Morgan fingerprint density at radius 2 is 2.35 bits per heavy atom. The lowest BCUT2D eigenvalue weighted by Crippen LogP contribution is -2.18. The Morgan fingerprint density at radius 1 is 1.59 bits per heavy atom. The minimum absolute atomic E-state index is 0.219. The number of hydrogen-bond acceptors (Lipinski definition) is 5. The number of anilines is 2. The van der Waals surface area contributed by atoms with E-state index in [0.29, 0.717) is 17.1 Å². The minimum atomic E-state index is 0.219. The summed E-state index contributed by atoms with van der Waals surface area (Å²) >= 11 is 0. The van der Waals surface area contributed by atoms with Gasteiger partial charge in [0.2, 0.25) is 0 Å². The molecule has 1 saturated carbocycles. The molecule has 0 aliphatic heterocycles. The summed E-state index contributed by atoms with van der Waals surface area (Å²) in [6, 6.07) is 3.61. The number of nitrogens with one attached hydrogen (secondary N) is 1. The largest absolute Gasteiger partial charge is 0.396 e. The first-order chi connectivity index (χ1) is 8.19. The summed E-state index contributed by atoms with van der Waals surface area (Å²) in [5.74, 6) is 0.619. The normalized spacial score (nSPS) is 16.2. The molecular formula is C12H16N4O. The van der Waals surface area contributed by atoms with Crippen LogP contribution in [0.25, 0.3) is 0 Å². The molecule has 0 unspecified atom stereocenters. The summed E-state index contributed by atoms with van der Waals surface area (Å²) in [5, 5.41) is 20.9. The lowest BCUT2D eigenvalue weighted by Gasteiger charge is -2.15. The molecule has 1 fully saturated rings. The highest BCUT2D eigenvalue weighted by Crippen LogP contribution is 2.48. The zero-order valence-electron chi connectivity index (χ0n) is 9.61. The van der Waals surface area contributed by atoms with E-state index >= 15 is 0 Å². The highest BCUT2D eigenvalue weighted by molar-refractivity contribution is 5.63. The monoisotopic (exact) mass is 232 g/mol. The third-order valence-corrected chi connectivity index (χ3v) is 3.28. The third-order valence-electron chi connectivity index (χ3n) is 3.28. The number of nitrogens with zero attached hydrogens (tertiary/aromatic N) is 2. The van der Waals surface area contributed by atoms with Crippen molar-refractivity contribution in [2.75, 3.05) is 24.2 Å². The summed E-state index contributed by atoms with van der Waals surface area (Å²) in [4.78, 5) is 4.12. The first-order valence-electron chi connectivity index (χ1n) is 5.69. The Hall–Kier alpha value is -1.80. The van der Waals surface area contributed by atoms with Crippen molar-refractivity contribution in [2.45, 2.75) is 19.3 Å². The molecule has 1 aliphatic rings. The molecule has 17 heavy (non-hydrogen) atoms. The van der Waals surface area contributed by atoms with Gasteiger partial charge in [0.25, 0.3) is 0 Å². The molecule has 0 spiro atoms. The lowest BCUT2D eigenvalue weighted by atomic mass is 10.0. The first-order valence-corrected chi connectivity index (χ1v) is 5.69. The number of nitrogens with two attached hydrogens (primary N) is 1. The first kappa shape index (κ1) is 11.7. The van der Waals surface area contributed by atoms with Crippen molar-refractivity contribution in [3.63, 3.8) is 0 Å². The van der Waals surface area contributed by atoms with Crippen LogP contribution in [0, 0.1) is 16.7 Å². The van der Waals surface area contributed by atoms with Gasteiger partial charge in [0.05, 0.1) is 11.3 Å². The molecule has 0 radical (unpaired) electrons. The average molecular weight is 232 g/mol. The van der Waals surface area contributed by atoms with Crippen molar-refractivity contribution in [3.05, 3.63) is 17.8 Å². The van der Waals surface area contributed by atoms with Gasteiger partial charge in [0.1, 0.15) is 11.9 Å². The summed E-state index contributed by atoms with van der Waals surface area (Å²) in [6.07, 6.45) is 4.59. The van der Waals surface area contributed by atoms with Crippen molar-refractivity contribution >= 4 is 11.5 Å². The van der Waals surface area contributed by atoms with Gasteiger partial charge in [-0.3, -0.25) is 0 Å². The molecule has 4 N–H and O–H groups in total. The summed E-state index contributed by atoms with van der Waals surface area (Å²) < 4.78 is 0. The second kappa shape index (κ2) is 4.60. The molecule has 2 rings (SSSR count). The van der Waals surface area contributed by atoms with Gasteiger partial charge >= 0.3 is 0 Å². The fraction of sp³-hybridized carbons (Fsp3) is 0.500. The average Bonchev–Trinajstić information content (AvgIpc) is 3.08. The maximum Gasteiger partial charge on any atom is 0.149 e. The number of nitriles is 1. The van der Waals surface area contributed by atoms with Gasteiger partial charge in [0, 0.05) is 19.3 Å². The molecule has 0 aromatic carbocycles. The van der Waals surface area contributed by atoms with E-state index in [-0.39, 0.29) is 12.0 Å². The van der Waals surface area contributed by atoms with Crippen LogP contribution in [0.3, 0.4) is 0 Å². The molecule has 0 saturated heterocycles. The van der Waals surface area contributed by atoms with Crippen LogP contribution in [-0.2, 0) is 0 Å². The number of aliphatic hydroxyl groups is 1. The molecule has 5 nitrogen and oxygen atoms in total. The van der Waals surface area contributed by atoms with Crippen LogP contribution in [-0.4, -0.2) is 23.2 Å². The zero-order chi connectivity index (χ0) is 12.3. The smallest absolute Gasteiger partial charge is 0.149 e. The molecule has 1 aliphatic carbocycles. The quantitative estimate of drug-likeness (QED) is 0.706. The molecule has 0 atom stereocenters. The van der Waals surface area contributed by atoms with E-state index in [0.717, 1.165) is 25.8 Å². The molecule has 0 bridgehead atoms. The second-order valence-electron chi connectivity index (χ2n) is 4.60. The number of aromatic nitrogens is 1. The van der Waals surface area contributed by atoms with E-state index in [1.165, 1.54) is 6.20 Å². The molecule has 1 aromatic heterocycles. The summed E-state index contributed by atoms with van der Waals surface area (Å²) in [7, 11) is 0. The topological polar surface area (TPSA) is 95.0 Å². The number of aliphatic hydroxyl groups excluding tert-OH is 1. The summed E-state index contributed by atoms with van der Waals surface area (Å²) in [6.45, 7) is 0.995. The minimum Gasteiger partial charge on any atom is -0.396 e. The Balaban J connectivity index is 1.98. The number of hydrogen-bond donors (Lipinski definition) is 3. The van der Waals surface area contributed by atoms with Gasteiger partial charge in [-0.05, 0) is 30.7 Å². The van der Waals surface area contributed by atoms with E-state index in [1.54, 1.807) is 6.07 Å². The van der Waals surface area contributed by atoms with Crippen LogP contribution < -0.4 is 11.1 Å². The van der Waals surface area contributed by atoms with Crippen molar-refractivity contribution in [3.8, 4) is 6.07 Å². The van der Waals surface area contributed by atoms with E-state index in [4.69, 9.17) is 16.1 Å². The van der Waals surface area contributed by atoms with Gasteiger partial charge in [-0.15, -0.1) is 0 Å². The maximum absolute atomic E-state index is 8.96. The van der Waals surface area contributed by atoms with Gasteiger partial charge < -0.3 is 16.2 Å². The molecule has 1 aromatic rings. The molecule has 90 valence electrons. The van der Waals surface area contributed by atoms with Crippen molar-refractivity contribution in [2.24, 2.45) is 5.41 Å². The molecule has 5 heteroatoms. The Labute approximate surface area is 100 Å². The van der Waals surface area contributed by atoms with Crippen LogP contribution in [0.2, 0.25) is 0 Å². The van der Waals surface area contributed by atoms with Crippen LogP contribution in [0.1, 0.15) is 24.8 Å². The van der Waals surface area contributed by atoms with Crippen LogP contribution >= 0.6 is 0 Å². The van der Waals surface area contributed by atoms with Gasteiger partial charge in [-0.2, -0.15) is 5.26 Å². The van der Waals surface area contributed by atoms with Crippen molar-refractivity contribution < 1.29 is 5.11 Å². The number of nitrogen functional groups attached to an aromatic ring is 1. The van der Waals surface area contributed by atoms with Gasteiger partial charge in [0.15, 0.2) is 0 Å². The van der Waals surface area contributed by atoms with E-state index in [1.807, 2.05) is 6.07 Å². The van der Waals surface area contributed by atoms with Gasteiger partial charge in [-0.25, -0.2) is 4.98 Å². The lowest BCUT2D eigenvalue weighted by molar-refractivity contribution is 0.253. The van der Waals surface area contributed by atoms with Crippen LogP contribution in [0.15, 0.2) is 12.3 Å². The van der Waals surface area contributed by atoms with Crippen LogP contribution in [0.5, 0.6) is 0 Å². The third kappa shape index (κ3) is 2.66. The predicted molar refractivity (Wildman–Crippen MR) is 65.2 cm³/mol. The highest BCUT2D eigenvalue weighted by atomic mass is 16.3. The SMILES string of the molecule is N#Cc1cnc(NCC2(CCO)CC2)c(N)c1. The van der Waals surface area contributed by atoms with E-state index in [2.05, 4.69) is 10.3 Å². The Bertz CT molecular complexity index is 448. The summed E-state index contributed by atoms with van der Waals surface area (Å²) in [5.41, 5.74) is 6.97. The predicted octanol–water partition coefficient (Wildman–Crippen LogP) is 1.11. The fourth-order valence-electron chi connectivity index (χ4n) is 1.89.